The predicted octanol–water partition coefficient (Wildman–Crippen LogP) is 0.553. The summed E-state index contributed by atoms with van der Waals surface area (Å²) in [5.41, 5.74) is 10.5. The van der Waals surface area contributed by atoms with E-state index in [0.717, 1.165) is 18.8 Å². The van der Waals surface area contributed by atoms with Crippen molar-refractivity contribution in [2.75, 3.05) is 6.54 Å². The summed E-state index contributed by atoms with van der Waals surface area (Å²) in [5, 5.41) is 2.81. The molecule has 3 atom stereocenters. The van der Waals surface area contributed by atoms with Crippen LogP contribution in [0.15, 0.2) is 0 Å². The number of primary amides is 1. The highest BCUT2D eigenvalue weighted by molar-refractivity contribution is 5.87. The Morgan fingerprint density at radius 3 is 2.61 bits per heavy atom. The summed E-state index contributed by atoms with van der Waals surface area (Å²) in [7, 11) is 0. The van der Waals surface area contributed by atoms with Crippen LogP contribution in [0.3, 0.4) is 0 Å². The van der Waals surface area contributed by atoms with E-state index < -0.39 is 11.9 Å². The Morgan fingerprint density at radius 1 is 1.39 bits per heavy atom. The fourth-order valence-electron chi connectivity index (χ4n) is 2.43. The average Bonchev–Trinajstić information content (AvgIpc) is 2.25. The van der Waals surface area contributed by atoms with Crippen LogP contribution in [0.5, 0.6) is 0 Å². The lowest BCUT2D eigenvalue weighted by molar-refractivity contribution is -0.126. The number of amides is 2. The van der Waals surface area contributed by atoms with Crippen LogP contribution in [0.2, 0.25) is 0 Å². The predicted molar refractivity (Wildman–Crippen MR) is 73.2 cm³/mol. The third kappa shape index (κ3) is 6.21. The van der Waals surface area contributed by atoms with Crippen molar-refractivity contribution in [1.82, 2.24) is 5.32 Å². The van der Waals surface area contributed by atoms with Gasteiger partial charge in [0.15, 0.2) is 0 Å². The highest BCUT2D eigenvalue weighted by atomic mass is 35.5. The molecule has 0 aromatic carbocycles. The second kappa shape index (κ2) is 8.32. The molecule has 0 radical (unpaired) electrons. The van der Waals surface area contributed by atoms with Crippen LogP contribution in [0.4, 0.5) is 0 Å². The van der Waals surface area contributed by atoms with Gasteiger partial charge in [0.2, 0.25) is 11.8 Å². The number of nitrogens with two attached hydrogens (primary N) is 2. The first-order valence-electron chi connectivity index (χ1n) is 6.30. The Hall–Kier alpha value is -0.810. The molecule has 0 aliphatic heterocycles. The van der Waals surface area contributed by atoms with E-state index >= 15 is 0 Å². The van der Waals surface area contributed by atoms with Crippen LogP contribution in [0.25, 0.3) is 0 Å². The number of hydrogen-bond donors (Lipinski definition) is 3. The molecule has 0 aromatic rings. The van der Waals surface area contributed by atoms with Gasteiger partial charge in [-0.2, -0.15) is 0 Å². The second-order valence-corrected chi connectivity index (χ2v) is 5.16. The topological polar surface area (TPSA) is 98.2 Å². The zero-order chi connectivity index (χ0) is 12.8. The fourth-order valence-corrected chi connectivity index (χ4v) is 2.43. The van der Waals surface area contributed by atoms with Gasteiger partial charge in [0.05, 0.1) is 12.5 Å². The SMILES string of the molecule is CC1CCCC(CNC(=O)C(N)CC(N)=O)C1.Cl. The number of carbonyl (C=O) groups is 2. The Balaban J connectivity index is 0.00000289. The van der Waals surface area contributed by atoms with E-state index in [1.165, 1.54) is 12.8 Å². The van der Waals surface area contributed by atoms with E-state index in [1.54, 1.807) is 0 Å². The zero-order valence-electron chi connectivity index (χ0n) is 10.9. The van der Waals surface area contributed by atoms with E-state index in [9.17, 15) is 9.59 Å². The highest BCUT2D eigenvalue weighted by Crippen LogP contribution is 2.27. The van der Waals surface area contributed by atoms with Crippen LogP contribution in [0, 0.1) is 11.8 Å². The highest BCUT2D eigenvalue weighted by Gasteiger charge is 2.21. The van der Waals surface area contributed by atoms with Gasteiger partial charge in [-0.3, -0.25) is 9.59 Å². The lowest BCUT2D eigenvalue weighted by Gasteiger charge is -2.27. The molecule has 5 nitrogen and oxygen atoms in total. The third-order valence-corrected chi connectivity index (χ3v) is 3.37. The summed E-state index contributed by atoms with van der Waals surface area (Å²) >= 11 is 0. The number of hydrogen-bond acceptors (Lipinski definition) is 3. The summed E-state index contributed by atoms with van der Waals surface area (Å²) in [6, 6.07) is -0.812. The summed E-state index contributed by atoms with van der Waals surface area (Å²) in [4.78, 5) is 22.2. The van der Waals surface area contributed by atoms with Crippen LogP contribution in [-0.4, -0.2) is 24.4 Å². The molecule has 18 heavy (non-hydrogen) atoms. The maximum Gasteiger partial charge on any atom is 0.237 e. The Kier molecular flexibility index (Phi) is 7.95. The molecule has 0 heterocycles. The lowest BCUT2D eigenvalue weighted by Crippen LogP contribution is -2.44. The van der Waals surface area contributed by atoms with E-state index in [1.807, 2.05) is 0 Å². The van der Waals surface area contributed by atoms with Gasteiger partial charge in [-0.15, -0.1) is 12.4 Å². The molecule has 1 aliphatic carbocycles. The smallest absolute Gasteiger partial charge is 0.237 e. The summed E-state index contributed by atoms with van der Waals surface area (Å²) in [6.45, 7) is 2.91. The first kappa shape index (κ1) is 17.2. The minimum Gasteiger partial charge on any atom is -0.370 e. The van der Waals surface area contributed by atoms with Crippen molar-refractivity contribution in [3.8, 4) is 0 Å². The Bertz CT molecular complexity index is 286. The normalized spacial score (nSPS) is 24.8. The van der Waals surface area contributed by atoms with Gasteiger partial charge in [0, 0.05) is 6.54 Å². The Labute approximate surface area is 114 Å². The van der Waals surface area contributed by atoms with Crippen molar-refractivity contribution in [2.24, 2.45) is 23.3 Å². The monoisotopic (exact) mass is 277 g/mol. The van der Waals surface area contributed by atoms with Crippen molar-refractivity contribution in [1.29, 1.82) is 0 Å². The van der Waals surface area contributed by atoms with Gasteiger partial charge >= 0.3 is 0 Å². The van der Waals surface area contributed by atoms with Crippen molar-refractivity contribution < 1.29 is 9.59 Å². The molecule has 0 saturated heterocycles. The standard InChI is InChI=1S/C12H23N3O2.ClH/c1-8-3-2-4-9(5-8)7-15-12(17)10(13)6-11(14)16;/h8-10H,2-7,13H2,1H3,(H2,14,16)(H,15,17);1H. The summed E-state index contributed by atoms with van der Waals surface area (Å²) in [5.74, 6) is 0.467. The number of carbonyl (C=O) groups excluding carboxylic acids is 2. The van der Waals surface area contributed by atoms with Gasteiger partial charge < -0.3 is 16.8 Å². The molecule has 0 spiro atoms. The molecular weight excluding hydrogens is 254 g/mol. The third-order valence-electron chi connectivity index (χ3n) is 3.37. The van der Waals surface area contributed by atoms with Gasteiger partial charge in [0.1, 0.15) is 0 Å². The number of nitrogens with one attached hydrogen (secondary N) is 1. The molecule has 1 aliphatic rings. The molecule has 0 bridgehead atoms. The molecule has 6 heteroatoms. The molecule has 1 rings (SSSR count). The molecule has 3 unspecified atom stereocenters. The van der Waals surface area contributed by atoms with Crippen molar-refractivity contribution in [2.45, 2.75) is 45.1 Å². The first-order valence-corrected chi connectivity index (χ1v) is 6.30. The van der Waals surface area contributed by atoms with Crippen molar-refractivity contribution >= 4 is 24.2 Å². The largest absolute Gasteiger partial charge is 0.370 e. The number of halogens is 1. The average molecular weight is 278 g/mol. The summed E-state index contributed by atoms with van der Waals surface area (Å²) in [6.07, 6.45) is 4.74. The van der Waals surface area contributed by atoms with E-state index in [-0.39, 0.29) is 24.7 Å². The maximum atomic E-state index is 11.6. The minimum absolute atomic E-state index is 0. The molecule has 1 fully saturated rings. The molecule has 2 amide bonds. The second-order valence-electron chi connectivity index (χ2n) is 5.16. The van der Waals surface area contributed by atoms with Crippen molar-refractivity contribution in [3.05, 3.63) is 0 Å². The van der Waals surface area contributed by atoms with Crippen LogP contribution < -0.4 is 16.8 Å². The van der Waals surface area contributed by atoms with Gasteiger partial charge in [-0.1, -0.05) is 19.8 Å². The maximum absolute atomic E-state index is 11.6. The molecular formula is C12H24ClN3O2. The molecule has 106 valence electrons. The lowest BCUT2D eigenvalue weighted by atomic mass is 9.82. The van der Waals surface area contributed by atoms with Gasteiger partial charge in [-0.05, 0) is 24.7 Å². The quantitative estimate of drug-likeness (QED) is 0.684. The van der Waals surface area contributed by atoms with E-state index in [2.05, 4.69) is 12.2 Å². The van der Waals surface area contributed by atoms with Crippen LogP contribution in [-0.2, 0) is 9.59 Å². The zero-order valence-corrected chi connectivity index (χ0v) is 11.7. The fraction of sp³-hybridized carbons (Fsp3) is 0.833. The number of rotatable bonds is 5. The Morgan fingerprint density at radius 2 is 2.06 bits per heavy atom. The van der Waals surface area contributed by atoms with E-state index in [0.29, 0.717) is 12.5 Å². The van der Waals surface area contributed by atoms with Crippen molar-refractivity contribution in [3.63, 3.8) is 0 Å². The molecule has 0 aromatic heterocycles. The minimum atomic E-state index is -0.812. The van der Waals surface area contributed by atoms with Gasteiger partial charge in [0.25, 0.3) is 0 Å². The molecule has 1 saturated carbocycles. The first-order chi connectivity index (χ1) is 7.99. The molecule has 5 N–H and O–H groups in total. The van der Waals surface area contributed by atoms with E-state index in [4.69, 9.17) is 11.5 Å². The van der Waals surface area contributed by atoms with Crippen LogP contribution >= 0.6 is 12.4 Å². The van der Waals surface area contributed by atoms with Gasteiger partial charge in [-0.25, -0.2) is 0 Å². The summed E-state index contributed by atoms with van der Waals surface area (Å²) < 4.78 is 0. The van der Waals surface area contributed by atoms with Crippen LogP contribution in [0.1, 0.15) is 39.0 Å².